The number of esters is 1. The Kier molecular flexibility index (Phi) is 5.35. The van der Waals surface area contributed by atoms with Crippen LogP contribution >= 0.6 is 15.9 Å². The van der Waals surface area contributed by atoms with E-state index in [2.05, 4.69) is 25.4 Å². The Morgan fingerprint density at radius 1 is 1.08 bits per heavy atom. The third kappa shape index (κ3) is 3.79. The number of rotatable bonds is 4. The van der Waals surface area contributed by atoms with Crippen molar-refractivity contribution in [1.29, 1.82) is 0 Å². The number of aryl methyl sites for hydroxylation is 3. The number of hydrogen-bond acceptors (Lipinski definition) is 4. The van der Waals surface area contributed by atoms with E-state index < -0.39 is 16.0 Å². The second-order valence-electron chi connectivity index (χ2n) is 5.51. The van der Waals surface area contributed by atoms with Crippen molar-refractivity contribution in [3.63, 3.8) is 0 Å². The predicted octanol–water partition coefficient (Wildman–Crippen LogP) is 3.96. The lowest BCUT2D eigenvalue weighted by Gasteiger charge is -2.16. The molecular weight excluding hydrogens is 394 g/mol. The molecule has 0 radical (unpaired) electrons. The van der Waals surface area contributed by atoms with Crippen LogP contribution in [0.2, 0.25) is 0 Å². The van der Waals surface area contributed by atoms with E-state index in [-0.39, 0.29) is 10.5 Å². The summed E-state index contributed by atoms with van der Waals surface area (Å²) in [4.78, 5) is 11.8. The van der Waals surface area contributed by atoms with Gasteiger partial charge in [0.15, 0.2) is 0 Å². The van der Waals surface area contributed by atoms with Gasteiger partial charge < -0.3 is 4.74 Å². The fourth-order valence-corrected chi connectivity index (χ4v) is 4.28. The van der Waals surface area contributed by atoms with Gasteiger partial charge in [0.25, 0.3) is 10.0 Å². The molecule has 5 nitrogen and oxygen atoms in total. The first kappa shape index (κ1) is 18.5. The smallest absolute Gasteiger partial charge is 0.339 e. The van der Waals surface area contributed by atoms with Crippen LogP contribution in [0.5, 0.6) is 0 Å². The molecule has 2 aromatic carbocycles. The molecule has 0 heterocycles. The van der Waals surface area contributed by atoms with E-state index in [1.54, 1.807) is 6.07 Å². The molecule has 0 saturated carbocycles. The number of nitrogens with one attached hydrogen (secondary N) is 1. The van der Waals surface area contributed by atoms with Crippen LogP contribution in [-0.4, -0.2) is 21.5 Å². The summed E-state index contributed by atoms with van der Waals surface area (Å²) in [6.45, 7) is 5.61. The van der Waals surface area contributed by atoms with E-state index in [1.165, 1.54) is 19.2 Å². The predicted molar refractivity (Wildman–Crippen MR) is 96.9 cm³/mol. The van der Waals surface area contributed by atoms with E-state index in [1.807, 2.05) is 32.9 Å². The Labute approximate surface area is 150 Å². The van der Waals surface area contributed by atoms with Crippen molar-refractivity contribution < 1.29 is 17.9 Å². The van der Waals surface area contributed by atoms with E-state index in [0.29, 0.717) is 10.2 Å². The van der Waals surface area contributed by atoms with Crippen LogP contribution in [-0.2, 0) is 14.8 Å². The second kappa shape index (κ2) is 6.94. The average Bonchev–Trinajstić information content (AvgIpc) is 2.49. The van der Waals surface area contributed by atoms with E-state index in [4.69, 9.17) is 0 Å². The number of carbonyl (C=O) groups is 1. The van der Waals surface area contributed by atoms with Crippen molar-refractivity contribution in [2.75, 3.05) is 11.8 Å². The molecule has 7 heteroatoms. The highest BCUT2D eigenvalue weighted by molar-refractivity contribution is 9.10. The lowest BCUT2D eigenvalue weighted by Crippen LogP contribution is -2.18. The number of sulfonamides is 1. The number of halogens is 1. The molecule has 0 aliphatic carbocycles. The molecule has 128 valence electrons. The lowest BCUT2D eigenvalue weighted by molar-refractivity contribution is 0.0596. The Hall–Kier alpha value is -1.86. The Bertz CT molecular complexity index is 884. The topological polar surface area (TPSA) is 72.5 Å². The molecule has 0 unspecified atom stereocenters. The first-order valence-corrected chi connectivity index (χ1v) is 9.42. The maximum absolute atomic E-state index is 12.8. The highest BCUT2D eigenvalue weighted by Gasteiger charge is 2.24. The maximum Gasteiger partial charge on any atom is 0.339 e. The van der Waals surface area contributed by atoms with E-state index in [9.17, 15) is 13.2 Å². The van der Waals surface area contributed by atoms with Crippen molar-refractivity contribution in [3.8, 4) is 0 Å². The summed E-state index contributed by atoms with van der Waals surface area (Å²) in [5, 5.41) is 0. The van der Waals surface area contributed by atoms with Crippen LogP contribution in [0.25, 0.3) is 0 Å². The molecule has 0 spiro atoms. The molecule has 2 aromatic rings. The lowest BCUT2D eigenvalue weighted by atomic mass is 10.1. The number of carbonyl (C=O) groups excluding carboxylic acids is 1. The SMILES string of the molecule is COC(=O)c1cc(Br)ccc1S(=O)(=O)Nc1c(C)cc(C)cc1C. The van der Waals surface area contributed by atoms with Gasteiger partial charge in [0.1, 0.15) is 4.90 Å². The molecule has 24 heavy (non-hydrogen) atoms. The fourth-order valence-electron chi connectivity index (χ4n) is 2.54. The van der Waals surface area contributed by atoms with Crippen LogP contribution in [0.1, 0.15) is 27.0 Å². The molecule has 0 amide bonds. The highest BCUT2D eigenvalue weighted by Crippen LogP contribution is 2.28. The molecule has 1 N–H and O–H groups in total. The number of hydrogen-bond donors (Lipinski definition) is 1. The van der Waals surface area contributed by atoms with Gasteiger partial charge in [0.05, 0.1) is 18.4 Å². The number of methoxy groups -OCH3 is 1. The molecule has 0 bridgehead atoms. The zero-order chi connectivity index (χ0) is 18.1. The van der Waals surface area contributed by atoms with Crippen LogP contribution in [0, 0.1) is 20.8 Å². The normalized spacial score (nSPS) is 11.2. The minimum atomic E-state index is -3.95. The summed E-state index contributed by atoms with van der Waals surface area (Å²) in [6.07, 6.45) is 0. The standard InChI is InChI=1S/C17H18BrNO4S/c1-10-7-11(2)16(12(3)8-10)19-24(21,22)15-6-5-13(18)9-14(15)17(20)23-4/h5-9,19H,1-4H3. The molecule has 0 aliphatic heterocycles. The molecule has 0 aromatic heterocycles. The zero-order valence-corrected chi connectivity index (χ0v) is 16.2. The Balaban J connectivity index is 2.55. The number of benzene rings is 2. The van der Waals surface area contributed by atoms with Crippen molar-refractivity contribution in [1.82, 2.24) is 0 Å². The largest absolute Gasteiger partial charge is 0.465 e. The van der Waals surface area contributed by atoms with Gasteiger partial charge in [0, 0.05) is 4.47 Å². The van der Waals surface area contributed by atoms with Crippen molar-refractivity contribution in [3.05, 3.63) is 57.1 Å². The maximum atomic E-state index is 12.8. The summed E-state index contributed by atoms with van der Waals surface area (Å²) < 4.78 is 33.5. The van der Waals surface area contributed by atoms with Gasteiger partial charge in [-0.2, -0.15) is 0 Å². The molecule has 0 atom stereocenters. The molecule has 2 rings (SSSR count). The summed E-state index contributed by atoms with van der Waals surface area (Å²) in [5.74, 6) is -0.714. The monoisotopic (exact) mass is 411 g/mol. The first-order chi connectivity index (χ1) is 11.2. The van der Waals surface area contributed by atoms with Gasteiger partial charge in [-0.1, -0.05) is 33.6 Å². The number of ether oxygens (including phenoxy) is 1. The summed E-state index contributed by atoms with van der Waals surface area (Å²) in [5.41, 5.74) is 3.16. The van der Waals surface area contributed by atoms with E-state index >= 15 is 0 Å². The third-order valence-corrected chi connectivity index (χ3v) is 5.45. The van der Waals surface area contributed by atoms with Crippen LogP contribution < -0.4 is 4.72 Å². The van der Waals surface area contributed by atoms with Crippen LogP contribution in [0.3, 0.4) is 0 Å². The van der Waals surface area contributed by atoms with E-state index in [0.717, 1.165) is 16.7 Å². The quantitative estimate of drug-likeness (QED) is 0.772. The Morgan fingerprint density at radius 3 is 2.21 bits per heavy atom. The molecular formula is C17H18BrNO4S. The summed E-state index contributed by atoms with van der Waals surface area (Å²) in [6, 6.07) is 8.16. The van der Waals surface area contributed by atoms with Gasteiger partial charge in [-0.05, 0) is 50.1 Å². The van der Waals surface area contributed by atoms with Crippen molar-refractivity contribution in [2.45, 2.75) is 25.7 Å². The van der Waals surface area contributed by atoms with Crippen LogP contribution in [0.15, 0.2) is 39.7 Å². The minimum absolute atomic E-state index is 0.0261. The van der Waals surface area contributed by atoms with Gasteiger partial charge in [-0.3, -0.25) is 4.72 Å². The van der Waals surface area contributed by atoms with Gasteiger partial charge >= 0.3 is 5.97 Å². The molecule has 0 saturated heterocycles. The van der Waals surface area contributed by atoms with Crippen molar-refractivity contribution >= 4 is 37.6 Å². The number of anilines is 1. The minimum Gasteiger partial charge on any atom is -0.465 e. The second-order valence-corrected chi connectivity index (χ2v) is 8.08. The Morgan fingerprint density at radius 2 is 1.67 bits per heavy atom. The van der Waals surface area contributed by atoms with Crippen molar-refractivity contribution in [2.24, 2.45) is 0 Å². The summed E-state index contributed by atoms with van der Waals surface area (Å²) >= 11 is 3.24. The fraction of sp³-hybridized carbons (Fsp3) is 0.235. The molecule has 0 aliphatic rings. The van der Waals surface area contributed by atoms with Gasteiger partial charge in [-0.25, -0.2) is 13.2 Å². The van der Waals surface area contributed by atoms with Gasteiger partial charge in [0.2, 0.25) is 0 Å². The van der Waals surface area contributed by atoms with Crippen LogP contribution in [0.4, 0.5) is 5.69 Å². The summed E-state index contributed by atoms with van der Waals surface area (Å²) in [7, 11) is -2.74. The van der Waals surface area contributed by atoms with Gasteiger partial charge in [-0.15, -0.1) is 0 Å². The first-order valence-electron chi connectivity index (χ1n) is 7.14. The highest BCUT2D eigenvalue weighted by atomic mass is 79.9. The third-order valence-electron chi connectivity index (χ3n) is 3.55. The average molecular weight is 412 g/mol. The molecule has 0 fully saturated rings. The zero-order valence-electron chi connectivity index (χ0n) is 13.8.